The molecule has 0 saturated carbocycles. The molecular weight excluding hydrogens is 431 g/mol. The number of benzene rings is 3. The second kappa shape index (κ2) is 8.85. The number of amides is 1. The summed E-state index contributed by atoms with van der Waals surface area (Å²) in [5.41, 5.74) is 2.92. The Kier molecular flexibility index (Phi) is 5.97. The smallest absolute Gasteiger partial charge is 0.296 e. The van der Waals surface area contributed by atoms with Crippen molar-refractivity contribution in [2.24, 2.45) is 0 Å². The van der Waals surface area contributed by atoms with Gasteiger partial charge in [0.2, 0.25) is 0 Å². The Morgan fingerprint density at radius 2 is 1.81 bits per heavy atom. The second-order valence-corrected chi connectivity index (χ2v) is 7.79. The molecule has 4 aromatic rings. The third-order valence-electron chi connectivity index (χ3n) is 5.30. The third kappa shape index (κ3) is 4.22. The maximum absolute atomic E-state index is 13.5. The van der Waals surface area contributed by atoms with Gasteiger partial charge in [-0.05, 0) is 61.0 Å². The van der Waals surface area contributed by atoms with E-state index in [2.05, 4.69) is 5.32 Å². The molecule has 32 heavy (non-hydrogen) atoms. The lowest BCUT2D eigenvalue weighted by Gasteiger charge is -2.09. The van der Waals surface area contributed by atoms with Gasteiger partial charge in [0.25, 0.3) is 11.7 Å². The average molecular weight is 451 g/mol. The van der Waals surface area contributed by atoms with Gasteiger partial charge in [0.15, 0.2) is 0 Å². The van der Waals surface area contributed by atoms with Crippen LogP contribution in [0.15, 0.2) is 66.7 Å². The molecule has 5 nitrogen and oxygen atoms in total. The number of ether oxygens (including phenoxy) is 1. The number of halogens is 2. The van der Waals surface area contributed by atoms with Crippen LogP contribution in [0.5, 0.6) is 5.75 Å². The van der Waals surface area contributed by atoms with Crippen LogP contribution in [0.25, 0.3) is 10.9 Å². The van der Waals surface area contributed by atoms with Gasteiger partial charge in [-0.25, -0.2) is 4.39 Å². The zero-order valence-corrected chi connectivity index (χ0v) is 18.2. The minimum Gasteiger partial charge on any atom is -0.497 e. The number of methoxy groups -OCH3 is 1. The van der Waals surface area contributed by atoms with Crippen molar-refractivity contribution in [2.45, 2.75) is 13.5 Å². The van der Waals surface area contributed by atoms with E-state index in [-0.39, 0.29) is 11.3 Å². The molecule has 1 aromatic heterocycles. The minimum absolute atomic E-state index is 0.212. The summed E-state index contributed by atoms with van der Waals surface area (Å²) in [6.45, 7) is 2.29. The van der Waals surface area contributed by atoms with E-state index < -0.39 is 17.5 Å². The van der Waals surface area contributed by atoms with Gasteiger partial charge in [-0.1, -0.05) is 29.8 Å². The largest absolute Gasteiger partial charge is 0.497 e. The highest BCUT2D eigenvalue weighted by Crippen LogP contribution is 2.31. The topological polar surface area (TPSA) is 60.3 Å². The number of nitrogens with one attached hydrogen (secondary N) is 1. The molecule has 0 unspecified atom stereocenters. The highest BCUT2D eigenvalue weighted by atomic mass is 35.5. The van der Waals surface area contributed by atoms with E-state index >= 15 is 0 Å². The number of anilines is 1. The molecule has 4 rings (SSSR count). The first-order valence-electron chi connectivity index (χ1n) is 9.90. The number of fused-ring (bicyclic) bond motifs is 1. The zero-order chi connectivity index (χ0) is 22.8. The van der Waals surface area contributed by atoms with Crippen LogP contribution in [-0.2, 0) is 11.3 Å². The van der Waals surface area contributed by atoms with Gasteiger partial charge < -0.3 is 14.6 Å². The lowest BCUT2D eigenvalue weighted by molar-refractivity contribution is -0.112. The summed E-state index contributed by atoms with van der Waals surface area (Å²) in [6, 6.07) is 18.2. The van der Waals surface area contributed by atoms with Crippen LogP contribution in [0.4, 0.5) is 10.1 Å². The van der Waals surface area contributed by atoms with E-state index in [4.69, 9.17) is 16.3 Å². The summed E-state index contributed by atoms with van der Waals surface area (Å²) in [5, 5.41) is 3.73. The van der Waals surface area contributed by atoms with Gasteiger partial charge in [0.05, 0.1) is 12.7 Å². The molecule has 0 aliphatic rings. The van der Waals surface area contributed by atoms with Crippen LogP contribution in [0.3, 0.4) is 0 Å². The Labute approximate surface area is 189 Å². The maximum atomic E-state index is 13.5. The molecule has 162 valence electrons. The fourth-order valence-electron chi connectivity index (χ4n) is 3.72. The molecule has 0 aliphatic carbocycles. The SMILES string of the molecule is COc1ccc2c(c1)c(C(=O)C(=O)Nc1cccc(F)c1)c(C)n2Cc1ccc(Cl)cc1. The van der Waals surface area contributed by atoms with Crippen LogP contribution in [0, 0.1) is 12.7 Å². The molecule has 0 saturated heterocycles. The molecule has 1 amide bonds. The van der Waals surface area contributed by atoms with Crippen molar-refractivity contribution in [1.82, 2.24) is 4.57 Å². The van der Waals surface area contributed by atoms with Crippen LogP contribution in [-0.4, -0.2) is 23.4 Å². The first-order chi connectivity index (χ1) is 15.4. The Bertz CT molecular complexity index is 1330. The van der Waals surface area contributed by atoms with Crippen molar-refractivity contribution in [3.05, 3.63) is 94.4 Å². The molecule has 0 fully saturated rings. The summed E-state index contributed by atoms with van der Waals surface area (Å²) >= 11 is 6.00. The van der Waals surface area contributed by atoms with E-state index in [1.807, 2.05) is 22.8 Å². The highest BCUT2D eigenvalue weighted by molar-refractivity contribution is 6.48. The number of rotatable bonds is 6. The monoisotopic (exact) mass is 450 g/mol. The average Bonchev–Trinajstić information content (AvgIpc) is 3.05. The molecule has 1 heterocycles. The van der Waals surface area contributed by atoms with E-state index in [9.17, 15) is 14.0 Å². The van der Waals surface area contributed by atoms with Crippen molar-refractivity contribution in [2.75, 3.05) is 12.4 Å². The quantitative estimate of drug-likeness (QED) is 0.306. The third-order valence-corrected chi connectivity index (χ3v) is 5.55. The van der Waals surface area contributed by atoms with E-state index in [0.717, 1.165) is 17.1 Å². The summed E-state index contributed by atoms with van der Waals surface area (Å²) in [4.78, 5) is 25.9. The summed E-state index contributed by atoms with van der Waals surface area (Å²) in [7, 11) is 1.54. The van der Waals surface area contributed by atoms with Gasteiger partial charge in [-0.15, -0.1) is 0 Å². The number of carbonyl (C=O) groups excluding carboxylic acids is 2. The molecular formula is C25H20ClFN2O3. The van der Waals surface area contributed by atoms with Gasteiger partial charge in [-0.2, -0.15) is 0 Å². The normalized spacial score (nSPS) is 10.9. The first-order valence-corrected chi connectivity index (χ1v) is 10.3. The van der Waals surface area contributed by atoms with Gasteiger partial charge in [-0.3, -0.25) is 9.59 Å². The summed E-state index contributed by atoms with van der Waals surface area (Å²) in [5.74, 6) is -1.48. The Morgan fingerprint density at radius 3 is 2.50 bits per heavy atom. The van der Waals surface area contributed by atoms with Crippen LogP contribution < -0.4 is 10.1 Å². The van der Waals surface area contributed by atoms with Crippen LogP contribution in [0.1, 0.15) is 21.6 Å². The lowest BCUT2D eigenvalue weighted by atomic mass is 10.1. The maximum Gasteiger partial charge on any atom is 0.296 e. The molecule has 0 aliphatic heterocycles. The van der Waals surface area contributed by atoms with E-state index in [1.54, 1.807) is 31.2 Å². The molecule has 0 radical (unpaired) electrons. The van der Waals surface area contributed by atoms with Crippen molar-refractivity contribution in [1.29, 1.82) is 0 Å². The van der Waals surface area contributed by atoms with Crippen molar-refractivity contribution < 1.29 is 18.7 Å². The Balaban J connectivity index is 1.77. The van der Waals surface area contributed by atoms with E-state index in [0.29, 0.717) is 28.4 Å². The number of nitrogens with zero attached hydrogens (tertiary/aromatic N) is 1. The fraction of sp³-hybridized carbons (Fsp3) is 0.120. The van der Waals surface area contributed by atoms with Crippen molar-refractivity contribution in [3.8, 4) is 5.75 Å². The molecule has 0 spiro atoms. The van der Waals surface area contributed by atoms with Crippen molar-refractivity contribution in [3.63, 3.8) is 0 Å². The number of aromatic nitrogens is 1. The summed E-state index contributed by atoms with van der Waals surface area (Å²) < 4.78 is 20.8. The van der Waals surface area contributed by atoms with Gasteiger partial charge in [0, 0.05) is 33.9 Å². The lowest BCUT2D eigenvalue weighted by Crippen LogP contribution is -2.23. The van der Waals surface area contributed by atoms with Crippen LogP contribution in [0.2, 0.25) is 5.02 Å². The number of Topliss-reactive ketones (excluding diaryl/α,β-unsaturated/α-hetero) is 1. The van der Waals surface area contributed by atoms with Crippen molar-refractivity contribution >= 4 is 39.9 Å². The van der Waals surface area contributed by atoms with E-state index in [1.165, 1.54) is 25.3 Å². The van der Waals surface area contributed by atoms with Gasteiger partial charge in [0.1, 0.15) is 11.6 Å². The number of hydrogen-bond donors (Lipinski definition) is 1. The molecule has 7 heteroatoms. The molecule has 0 bridgehead atoms. The number of hydrogen-bond acceptors (Lipinski definition) is 3. The molecule has 0 atom stereocenters. The fourth-order valence-corrected chi connectivity index (χ4v) is 3.84. The number of ketones is 1. The highest BCUT2D eigenvalue weighted by Gasteiger charge is 2.26. The Hall–Kier alpha value is -3.64. The van der Waals surface area contributed by atoms with Gasteiger partial charge >= 0.3 is 0 Å². The molecule has 3 aromatic carbocycles. The predicted octanol–water partition coefficient (Wildman–Crippen LogP) is 5.62. The summed E-state index contributed by atoms with van der Waals surface area (Å²) in [6.07, 6.45) is 0. The standard InChI is InChI=1S/C25H20ClFN2O3/c1-15-23(24(30)25(31)28-19-5-3-4-18(27)12-19)21-13-20(32-2)10-11-22(21)29(15)14-16-6-8-17(26)9-7-16/h3-13H,14H2,1-2H3,(H,28,31). The zero-order valence-electron chi connectivity index (χ0n) is 17.5. The van der Waals surface area contributed by atoms with Crippen LogP contribution >= 0.6 is 11.6 Å². The first kappa shape index (κ1) is 21.6. The minimum atomic E-state index is -0.841. The predicted molar refractivity (Wildman–Crippen MR) is 123 cm³/mol. The number of carbonyl (C=O) groups is 2. The second-order valence-electron chi connectivity index (χ2n) is 7.35. The molecule has 1 N–H and O–H groups in total. The Morgan fingerprint density at radius 1 is 1.06 bits per heavy atom.